The van der Waals surface area contributed by atoms with Gasteiger partial charge in [-0.15, -0.1) is 0 Å². The molecule has 0 aromatic heterocycles. The zero-order valence-electron chi connectivity index (χ0n) is 5.37. The van der Waals surface area contributed by atoms with E-state index in [-0.39, 0.29) is 124 Å². The third-order valence-electron chi connectivity index (χ3n) is 0.362. The van der Waals surface area contributed by atoms with Gasteiger partial charge in [-0.25, -0.2) is 0 Å². The first-order chi connectivity index (χ1) is 2.41. The maximum absolute atomic E-state index is 8.00. The standard InChI is InChI=1S/C3H9NO.4HI.Ti/c1-4-2-3-5;;;;;/h4-5H,2-3H2,1H3;4*1H;/q;;;;;+4/p-4. The Hall–Kier alpha value is 3.55. The number of aliphatic hydroxyl groups excluding tert-OH is 1. The minimum absolute atomic E-state index is 0. The van der Waals surface area contributed by atoms with Crippen molar-refractivity contribution in [3.63, 3.8) is 0 Å². The number of aliphatic hydroxyl groups is 1. The second kappa shape index (κ2) is 39.0. The molecular weight excluding hydrogens is 622 g/mol. The molecule has 0 aromatic carbocycles. The van der Waals surface area contributed by atoms with Crippen LogP contribution in [0.5, 0.6) is 0 Å². The van der Waals surface area contributed by atoms with Gasteiger partial charge in [0.2, 0.25) is 0 Å². The number of nitrogens with one attached hydrogen (secondary N) is 1. The number of hydrogen-bond donors (Lipinski definition) is 2. The minimum atomic E-state index is 0. The number of hydrogen-bond acceptors (Lipinski definition) is 2. The van der Waals surface area contributed by atoms with Gasteiger partial charge >= 0.3 is 21.7 Å². The fourth-order valence-corrected chi connectivity index (χ4v) is 0.112. The van der Waals surface area contributed by atoms with Crippen molar-refractivity contribution < 1.29 is 123 Å². The van der Waals surface area contributed by atoms with Gasteiger partial charge in [-0.2, -0.15) is 0 Å². The van der Waals surface area contributed by atoms with Crippen LogP contribution in [0.15, 0.2) is 0 Å². The maximum Gasteiger partial charge on any atom is 4.00 e. The second-order valence-electron chi connectivity index (χ2n) is 0.827. The van der Waals surface area contributed by atoms with Gasteiger partial charge in [0.1, 0.15) is 0 Å². The predicted octanol–water partition coefficient (Wildman–Crippen LogP) is -12.8. The Kier molecular flexibility index (Phi) is 146. The summed E-state index contributed by atoms with van der Waals surface area (Å²) in [5.41, 5.74) is 0. The molecule has 7 heteroatoms. The molecule has 2 N–H and O–H groups in total. The van der Waals surface area contributed by atoms with Crippen LogP contribution in [0.3, 0.4) is 0 Å². The van der Waals surface area contributed by atoms with Crippen LogP contribution < -0.4 is 101 Å². The van der Waals surface area contributed by atoms with Crippen molar-refractivity contribution in [3.8, 4) is 0 Å². The summed E-state index contributed by atoms with van der Waals surface area (Å²) < 4.78 is 0. The Bertz CT molecular complexity index is 28.0. The third-order valence-corrected chi connectivity index (χ3v) is 0.362. The van der Waals surface area contributed by atoms with E-state index >= 15 is 0 Å². The Balaban J connectivity index is -0.00000000800. The molecule has 0 aliphatic rings. The normalized spacial score (nSPS) is 4.20. The van der Waals surface area contributed by atoms with E-state index in [0.717, 1.165) is 0 Å². The fourth-order valence-electron chi connectivity index (χ4n) is 0.112. The summed E-state index contributed by atoms with van der Waals surface area (Å²) in [5.74, 6) is 0. The van der Waals surface area contributed by atoms with Crippen LogP contribution >= 0.6 is 0 Å². The van der Waals surface area contributed by atoms with Crippen molar-refractivity contribution in [1.29, 1.82) is 0 Å². The number of rotatable bonds is 2. The zero-order valence-corrected chi connectivity index (χ0v) is 15.6. The van der Waals surface area contributed by atoms with Crippen molar-refractivity contribution in [2.24, 2.45) is 0 Å². The van der Waals surface area contributed by atoms with Crippen molar-refractivity contribution in [2.45, 2.75) is 0 Å². The number of likely N-dealkylation sites (N-methyl/N-ethyl adjacent to an activating group) is 1. The van der Waals surface area contributed by atoms with Gasteiger partial charge in [-0.3, -0.25) is 0 Å². The second-order valence-corrected chi connectivity index (χ2v) is 0.827. The van der Waals surface area contributed by atoms with Crippen LogP contribution in [0.2, 0.25) is 0 Å². The van der Waals surface area contributed by atoms with Gasteiger partial charge in [0.15, 0.2) is 0 Å². The van der Waals surface area contributed by atoms with Crippen LogP contribution in [-0.2, 0) is 21.7 Å². The molecule has 0 aromatic rings. The molecule has 0 atom stereocenters. The summed E-state index contributed by atoms with van der Waals surface area (Å²) >= 11 is 0. The Morgan fingerprint density at radius 1 is 1.10 bits per heavy atom. The SMILES string of the molecule is CNCCO.[I-].[I-].[I-].[I-].[Ti+4]. The van der Waals surface area contributed by atoms with Gasteiger partial charge in [0, 0.05) is 6.54 Å². The van der Waals surface area contributed by atoms with Crippen LogP contribution in [0.25, 0.3) is 0 Å². The molecule has 0 saturated heterocycles. The molecule has 0 heterocycles. The maximum atomic E-state index is 8.00. The molecule has 0 radical (unpaired) electrons. The summed E-state index contributed by atoms with van der Waals surface area (Å²) in [4.78, 5) is 0. The van der Waals surface area contributed by atoms with Crippen molar-refractivity contribution in [1.82, 2.24) is 5.32 Å². The molecule has 0 spiro atoms. The molecule has 2 nitrogen and oxygen atoms in total. The first-order valence-corrected chi connectivity index (χ1v) is 1.67. The first kappa shape index (κ1) is 37.4. The zero-order chi connectivity index (χ0) is 4.12. The van der Waals surface area contributed by atoms with Crippen LogP contribution in [-0.4, -0.2) is 25.3 Å². The summed E-state index contributed by atoms with van der Waals surface area (Å²) in [6.45, 7) is 0.927. The first-order valence-electron chi connectivity index (χ1n) is 1.67. The molecule has 0 rings (SSSR count). The molecule has 0 fully saturated rings. The van der Waals surface area contributed by atoms with E-state index < -0.39 is 0 Å². The Morgan fingerprint density at radius 3 is 1.40 bits per heavy atom. The average Bonchev–Trinajstić information content (AvgIpc) is 1.41. The van der Waals surface area contributed by atoms with Crippen LogP contribution in [0.4, 0.5) is 0 Å². The van der Waals surface area contributed by atoms with E-state index in [4.69, 9.17) is 5.11 Å². The largest absolute Gasteiger partial charge is 4.00 e. The summed E-state index contributed by atoms with van der Waals surface area (Å²) in [6, 6.07) is 0. The average molecular weight is 631 g/mol. The fraction of sp³-hybridized carbons (Fsp3) is 1.00. The molecule has 0 amide bonds. The molecule has 0 bridgehead atoms. The van der Waals surface area contributed by atoms with Crippen molar-refractivity contribution >= 4 is 0 Å². The van der Waals surface area contributed by atoms with Crippen LogP contribution in [0.1, 0.15) is 0 Å². The topological polar surface area (TPSA) is 32.3 Å². The quantitative estimate of drug-likeness (QED) is 0.235. The predicted molar refractivity (Wildman–Crippen MR) is 21.0 cm³/mol. The van der Waals surface area contributed by atoms with Gasteiger partial charge in [-0.05, 0) is 7.05 Å². The van der Waals surface area contributed by atoms with E-state index in [2.05, 4.69) is 5.32 Å². The van der Waals surface area contributed by atoms with Gasteiger partial charge in [0.05, 0.1) is 6.61 Å². The van der Waals surface area contributed by atoms with E-state index in [1.165, 1.54) is 0 Å². The van der Waals surface area contributed by atoms with E-state index in [1.807, 2.05) is 0 Å². The van der Waals surface area contributed by atoms with E-state index in [1.54, 1.807) is 7.05 Å². The van der Waals surface area contributed by atoms with Crippen molar-refractivity contribution in [2.75, 3.05) is 20.2 Å². The Labute approximate surface area is 145 Å². The summed E-state index contributed by atoms with van der Waals surface area (Å²) in [7, 11) is 1.80. The smallest absolute Gasteiger partial charge is 1.00 e. The summed E-state index contributed by atoms with van der Waals surface area (Å²) in [5, 5.41) is 10.8. The number of halogens is 4. The Morgan fingerprint density at radius 2 is 1.40 bits per heavy atom. The molecule has 10 heavy (non-hydrogen) atoms. The molecule has 0 unspecified atom stereocenters. The molecule has 0 aliphatic carbocycles. The summed E-state index contributed by atoms with van der Waals surface area (Å²) in [6.07, 6.45) is 0. The molecule has 0 aliphatic heterocycles. The molecule has 64 valence electrons. The van der Waals surface area contributed by atoms with Gasteiger partial charge in [0.25, 0.3) is 0 Å². The third kappa shape index (κ3) is 41.7. The van der Waals surface area contributed by atoms with Crippen LogP contribution in [0, 0.1) is 0 Å². The van der Waals surface area contributed by atoms with Crippen molar-refractivity contribution in [3.05, 3.63) is 0 Å². The molecular formula is C3H9I4NOTi. The van der Waals surface area contributed by atoms with Gasteiger partial charge < -0.3 is 106 Å². The monoisotopic (exact) mass is 631 g/mol. The minimum Gasteiger partial charge on any atom is -1.00 e. The van der Waals surface area contributed by atoms with E-state index in [0.29, 0.717) is 6.54 Å². The molecule has 0 saturated carbocycles. The van der Waals surface area contributed by atoms with Gasteiger partial charge in [-0.1, -0.05) is 0 Å². The van der Waals surface area contributed by atoms with E-state index in [9.17, 15) is 0 Å².